The summed E-state index contributed by atoms with van der Waals surface area (Å²) in [6, 6.07) is 13.6. The number of fused-ring (bicyclic) bond motifs is 2. The van der Waals surface area contributed by atoms with Crippen molar-refractivity contribution < 1.29 is 13.3 Å². The Morgan fingerprint density at radius 3 is 2.67 bits per heavy atom. The lowest BCUT2D eigenvalue weighted by atomic mass is 10.2. The van der Waals surface area contributed by atoms with Crippen molar-refractivity contribution in [3.8, 4) is 0 Å². The summed E-state index contributed by atoms with van der Waals surface area (Å²) in [7, 11) is -3.89. The van der Waals surface area contributed by atoms with Crippen LogP contribution in [0.25, 0.3) is 0 Å². The van der Waals surface area contributed by atoms with E-state index in [1.165, 1.54) is 29.2 Å². The number of nitro groups is 1. The molecule has 3 aromatic rings. The zero-order chi connectivity index (χ0) is 19.0. The molecule has 27 heavy (non-hydrogen) atoms. The van der Waals surface area contributed by atoms with Crippen LogP contribution in [0.1, 0.15) is 4.88 Å². The Hall–Kier alpha value is -2.40. The second-order valence-corrected chi connectivity index (χ2v) is 9.58. The van der Waals surface area contributed by atoms with Crippen molar-refractivity contribution in [2.24, 2.45) is 0 Å². The molecule has 2 N–H and O–H groups in total. The molecule has 4 rings (SSSR count). The van der Waals surface area contributed by atoms with Crippen molar-refractivity contribution in [1.29, 1.82) is 0 Å². The molecule has 0 bridgehead atoms. The number of para-hydroxylation sites is 1. The molecule has 1 aromatic heterocycles. The number of anilines is 2. The fourth-order valence-electron chi connectivity index (χ4n) is 2.66. The summed E-state index contributed by atoms with van der Waals surface area (Å²) in [6.07, 6.45) is 0. The zero-order valence-corrected chi connectivity index (χ0v) is 16.2. The van der Waals surface area contributed by atoms with Crippen LogP contribution in [-0.4, -0.2) is 13.3 Å². The number of nitrogens with zero attached hydrogens (tertiary/aromatic N) is 1. The van der Waals surface area contributed by atoms with Crippen LogP contribution in [0.3, 0.4) is 0 Å². The van der Waals surface area contributed by atoms with E-state index < -0.39 is 14.9 Å². The topological polar surface area (TPSA) is 101 Å². The highest BCUT2D eigenvalue weighted by Crippen LogP contribution is 2.48. The number of thiophene rings is 1. The van der Waals surface area contributed by atoms with Gasteiger partial charge in [-0.1, -0.05) is 30.0 Å². The maximum absolute atomic E-state index is 12.7. The maximum Gasteiger partial charge on any atom is 0.295 e. The fourth-order valence-corrected chi connectivity index (χ4v) is 5.57. The van der Waals surface area contributed by atoms with Crippen molar-refractivity contribution in [2.45, 2.75) is 21.2 Å². The summed E-state index contributed by atoms with van der Waals surface area (Å²) in [4.78, 5) is 13.1. The Labute approximate surface area is 163 Å². The highest BCUT2D eigenvalue weighted by molar-refractivity contribution is 7.99. The molecular weight excluding hydrogens is 406 g/mol. The van der Waals surface area contributed by atoms with Gasteiger partial charge in [-0.05, 0) is 29.6 Å². The van der Waals surface area contributed by atoms with Gasteiger partial charge in [0.1, 0.15) is 5.69 Å². The molecule has 0 aliphatic carbocycles. The normalized spacial score (nSPS) is 12.7. The Bertz CT molecular complexity index is 1130. The van der Waals surface area contributed by atoms with Crippen LogP contribution in [0.15, 0.2) is 68.6 Å². The van der Waals surface area contributed by atoms with Gasteiger partial charge in [-0.2, -0.15) is 0 Å². The average Bonchev–Trinajstić information content (AvgIpc) is 3.17. The molecule has 1 aliphatic heterocycles. The third kappa shape index (κ3) is 3.56. The van der Waals surface area contributed by atoms with Crippen LogP contribution in [0.5, 0.6) is 0 Å². The quantitative estimate of drug-likeness (QED) is 0.368. The molecule has 0 saturated carbocycles. The van der Waals surface area contributed by atoms with E-state index in [1.807, 2.05) is 41.8 Å². The molecule has 0 amide bonds. The standard InChI is InChI=1S/C17H13N3O4S3/c21-20(22)14-8-12(27(23,24)18-10-11-4-3-7-25-11)9-16-17(14)19-13-5-1-2-6-15(13)26-16/h1-9,18-19H,10H2. The van der Waals surface area contributed by atoms with E-state index >= 15 is 0 Å². The summed E-state index contributed by atoms with van der Waals surface area (Å²) in [6.45, 7) is 0.138. The monoisotopic (exact) mass is 419 g/mol. The first-order valence-electron chi connectivity index (χ1n) is 7.82. The first-order valence-corrected chi connectivity index (χ1v) is 11.0. The minimum absolute atomic E-state index is 0.127. The number of nitrogens with one attached hydrogen (secondary N) is 2. The molecule has 138 valence electrons. The Kier molecular flexibility index (Phi) is 4.64. The maximum atomic E-state index is 12.7. The Balaban J connectivity index is 1.73. The fraction of sp³-hybridized carbons (Fsp3) is 0.0588. The van der Waals surface area contributed by atoms with Gasteiger partial charge in [0.15, 0.2) is 0 Å². The first-order chi connectivity index (χ1) is 12.9. The minimum Gasteiger partial charge on any atom is -0.348 e. The lowest BCUT2D eigenvalue weighted by molar-refractivity contribution is -0.384. The van der Waals surface area contributed by atoms with Crippen molar-refractivity contribution in [2.75, 3.05) is 5.32 Å². The Morgan fingerprint density at radius 1 is 1.11 bits per heavy atom. The molecule has 1 aliphatic rings. The van der Waals surface area contributed by atoms with Gasteiger partial charge in [-0.3, -0.25) is 10.1 Å². The third-order valence-corrected chi connectivity index (χ3v) is 7.32. The number of benzene rings is 2. The summed E-state index contributed by atoms with van der Waals surface area (Å²) < 4.78 is 27.8. The van der Waals surface area contributed by atoms with E-state index in [2.05, 4.69) is 10.0 Å². The molecule has 0 atom stereocenters. The predicted octanol–water partition coefficient (Wildman–Crippen LogP) is 4.34. The van der Waals surface area contributed by atoms with Crippen molar-refractivity contribution in [3.05, 3.63) is 68.9 Å². The first kappa shape index (κ1) is 18.0. The van der Waals surface area contributed by atoms with E-state index in [4.69, 9.17) is 0 Å². The van der Waals surface area contributed by atoms with Gasteiger partial charge < -0.3 is 5.32 Å². The zero-order valence-electron chi connectivity index (χ0n) is 13.7. The van der Waals surface area contributed by atoms with Crippen LogP contribution in [0, 0.1) is 10.1 Å². The van der Waals surface area contributed by atoms with Crippen LogP contribution < -0.4 is 10.0 Å². The van der Waals surface area contributed by atoms with Crippen LogP contribution in [0.4, 0.5) is 17.1 Å². The molecule has 0 radical (unpaired) electrons. The van der Waals surface area contributed by atoms with Gasteiger partial charge in [0.2, 0.25) is 10.0 Å². The molecular formula is C17H13N3O4S3. The van der Waals surface area contributed by atoms with Gasteiger partial charge in [-0.25, -0.2) is 13.1 Å². The summed E-state index contributed by atoms with van der Waals surface area (Å²) in [5.41, 5.74) is 0.788. The highest BCUT2D eigenvalue weighted by atomic mass is 32.2. The van der Waals surface area contributed by atoms with E-state index in [-0.39, 0.29) is 17.1 Å². The van der Waals surface area contributed by atoms with Gasteiger partial charge >= 0.3 is 0 Å². The lowest BCUT2D eigenvalue weighted by Crippen LogP contribution is -2.23. The van der Waals surface area contributed by atoms with E-state index in [0.717, 1.165) is 21.5 Å². The minimum atomic E-state index is -3.89. The molecule has 10 heteroatoms. The van der Waals surface area contributed by atoms with E-state index in [1.54, 1.807) is 0 Å². The third-order valence-electron chi connectivity index (χ3n) is 3.95. The smallest absolute Gasteiger partial charge is 0.295 e. The average molecular weight is 420 g/mol. The molecule has 0 unspecified atom stereocenters. The molecule has 7 nitrogen and oxygen atoms in total. The van der Waals surface area contributed by atoms with E-state index in [9.17, 15) is 18.5 Å². The summed E-state index contributed by atoms with van der Waals surface area (Å²) in [5, 5.41) is 16.5. The SMILES string of the molecule is O=[N+]([O-])c1cc(S(=O)(=O)NCc2cccs2)cc2c1Nc1ccccc1S2. The second-order valence-electron chi connectivity index (χ2n) is 5.70. The molecule has 2 heterocycles. The van der Waals surface area contributed by atoms with Gasteiger partial charge in [0.25, 0.3) is 5.69 Å². The summed E-state index contributed by atoms with van der Waals surface area (Å²) >= 11 is 2.74. The van der Waals surface area contributed by atoms with Crippen LogP contribution >= 0.6 is 23.1 Å². The van der Waals surface area contributed by atoms with Gasteiger partial charge in [0.05, 0.1) is 15.5 Å². The molecule has 0 saturated heterocycles. The second kappa shape index (κ2) is 6.97. The van der Waals surface area contributed by atoms with Gasteiger partial charge in [-0.15, -0.1) is 11.3 Å². The number of nitro benzene ring substituents is 1. The molecule has 2 aromatic carbocycles. The van der Waals surface area contributed by atoms with Crippen LogP contribution in [-0.2, 0) is 16.6 Å². The van der Waals surface area contributed by atoms with E-state index in [0.29, 0.717) is 10.6 Å². The number of sulfonamides is 1. The molecule has 0 spiro atoms. The summed E-state index contributed by atoms with van der Waals surface area (Å²) in [5.74, 6) is 0. The predicted molar refractivity (Wildman–Crippen MR) is 105 cm³/mol. The number of hydrogen-bond donors (Lipinski definition) is 2. The van der Waals surface area contributed by atoms with Crippen LogP contribution in [0.2, 0.25) is 0 Å². The lowest BCUT2D eigenvalue weighted by Gasteiger charge is -2.21. The molecule has 0 fully saturated rings. The van der Waals surface area contributed by atoms with Crippen molar-refractivity contribution in [3.63, 3.8) is 0 Å². The Morgan fingerprint density at radius 2 is 1.93 bits per heavy atom. The van der Waals surface area contributed by atoms with Gasteiger partial charge in [0, 0.05) is 27.3 Å². The van der Waals surface area contributed by atoms with Crippen molar-refractivity contribution >= 4 is 50.2 Å². The van der Waals surface area contributed by atoms with Crippen molar-refractivity contribution in [1.82, 2.24) is 4.72 Å². The highest BCUT2D eigenvalue weighted by Gasteiger charge is 2.28. The largest absolute Gasteiger partial charge is 0.348 e. The number of hydrogen-bond acceptors (Lipinski definition) is 7. The number of rotatable bonds is 5.